The molecule has 0 N–H and O–H groups in total. The van der Waals surface area contributed by atoms with Crippen LogP contribution in [0.3, 0.4) is 0 Å². The van der Waals surface area contributed by atoms with Crippen LogP contribution in [0.2, 0.25) is 0 Å². The van der Waals surface area contributed by atoms with Crippen LogP contribution in [0.1, 0.15) is 5.76 Å². The summed E-state index contributed by atoms with van der Waals surface area (Å²) >= 11 is 4.70. The zero-order chi connectivity index (χ0) is 20.7. The Morgan fingerprint density at radius 1 is 1.03 bits per heavy atom. The quantitative estimate of drug-likeness (QED) is 0.382. The van der Waals surface area contributed by atoms with Gasteiger partial charge in [0.1, 0.15) is 21.8 Å². The van der Waals surface area contributed by atoms with Gasteiger partial charge in [-0.2, -0.15) is 9.50 Å². The average Bonchev–Trinajstić information content (AvgIpc) is 3.47. The van der Waals surface area contributed by atoms with Crippen molar-refractivity contribution in [2.24, 2.45) is 0 Å². The molecule has 5 rings (SSSR count). The molecule has 5 aromatic rings. The Hall–Kier alpha value is -3.23. The summed E-state index contributed by atoms with van der Waals surface area (Å²) in [6, 6.07) is 19.0. The summed E-state index contributed by atoms with van der Waals surface area (Å²) in [7, 11) is 1.61. The van der Waals surface area contributed by atoms with Gasteiger partial charge in [-0.25, -0.2) is 0 Å². The third kappa shape index (κ3) is 3.44. The molecule has 0 atom stereocenters. The standard InChI is InChI=1S/C22H14BrN3O3S/c1-28-16-8-4-14(5-9-16)20-24-22-26(25-20)21(27)19(30-22)12-17-10-11-18(29-17)13-2-6-15(23)7-3-13/h2-12H,1H3. The Morgan fingerprint density at radius 2 is 1.77 bits per heavy atom. The van der Waals surface area contributed by atoms with Gasteiger partial charge in [0.15, 0.2) is 5.82 Å². The van der Waals surface area contributed by atoms with E-state index in [0.717, 1.165) is 27.1 Å². The van der Waals surface area contributed by atoms with Crippen LogP contribution in [-0.2, 0) is 0 Å². The van der Waals surface area contributed by atoms with Crippen molar-refractivity contribution in [2.45, 2.75) is 0 Å². The fourth-order valence-corrected chi connectivity index (χ4v) is 4.18. The number of thiazole rings is 1. The predicted molar refractivity (Wildman–Crippen MR) is 120 cm³/mol. The lowest BCUT2D eigenvalue weighted by Crippen LogP contribution is -2.23. The van der Waals surface area contributed by atoms with Crippen LogP contribution in [-0.4, -0.2) is 21.7 Å². The van der Waals surface area contributed by atoms with Crippen molar-refractivity contribution >= 4 is 38.3 Å². The average molecular weight is 480 g/mol. The smallest absolute Gasteiger partial charge is 0.291 e. The molecule has 0 fully saturated rings. The first-order chi connectivity index (χ1) is 14.6. The molecule has 0 aliphatic heterocycles. The second kappa shape index (κ2) is 7.55. The molecular weight excluding hydrogens is 466 g/mol. The maximum atomic E-state index is 12.8. The Labute approximate surface area is 183 Å². The van der Waals surface area contributed by atoms with Crippen LogP contribution in [0.15, 0.2) is 74.3 Å². The molecule has 2 aromatic carbocycles. The molecule has 0 unspecified atom stereocenters. The van der Waals surface area contributed by atoms with Crippen molar-refractivity contribution in [3.05, 3.63) is 85.8 Å². The fraction of sp³-hybridized carbons (Fsp3) is 0.0455. The van der Waals surface area contributed by atoms with E-state index in [9.17, 15) is 4.79 Å². The highest BCUT2D eigenvalue weighted by Crippen LogP contribution is 2.24. The molecule has 0 radical (unpaired) electrons. The molecule has 3 heterocycles. The van der Waals surface area contributed by atoms with Crippen molar-refractivity contribution in [3.8, 4) is 28.5 Å². The molecule has 3 aromatic heterocycles. The molecular formula is C22H14BrN3O3S. The van der Waals surface area contributed by atoms with Gasteiger partial charge >= 0.3 is 0 Å². The molecule has 0 saturated carbocycles. The molecule has 0 saturated heterocycles. The topological polar surface area (TPSA) is 69.6 Å². The van der Waals surface area contributed by atoms with Crippen LogP contribution < -0.4 is 14.8 Å². The zero-order valence-corrected chi connectivity index (χ0v) is 18.1. The minimum Gasteiger partial charge on any atom is -0.497 e. The fourth-order valence-electron chi connectivity index (χ4n) is 3.03. The number of ether oxygens (including phenoxy) is 1. The van der Waals surface area contributed by atoms with Crippen LogP contribution in [0.25, 0.3) is 33.7 Å². The van der Waals surface area contributed by atoms with Gasteiger partial charge in [-0.15, -0.1) is 5.10 Å². The van der Waals surface area contributed by atoms with Crippen molar-refractivity contribution < 1.29 is 9.15 Å². The number of benzene rings is 2. The summed E-state index contributed by atoms with van der Waals surface area (Å²) in [6.07, 6.45) is 1.72. The van der Waals surface area contributed by atoms with E-state index >= 15 is 0 Å². The van der Waals surface area contributed by atoms with Crippen LogP contribution in [0.5, 0.6) is 5.75 Å². The maximum Gasteiger partial charge on any atom is 0.291 e. The summed E-state index contributed by atoms with van der Waals surface area (Å²) in [5.74, 6) is 2.59. The van der Waals surface area contributed by atoms with E-state index in [2.05, 4.69) is 26.0 Å². The Morgan fingerprint density at radius 3 is 2.47 bits per heavy atom. The van der Waals surface area contributed by atoms with Gasteiger partial charge in [0.25, 0.3) is 5.56 Å². The van der Waals surface area contributed by atoms with E-state index < -0.39 is 0 Å². The second-order valence-electron chi connectivity index (χ2n) is 6.48. The Kier molecular flexibility index (Phi) is 4.72. The highest BCUT2D eigenvalue weighted by atomic mass is 79.9. The van der Waals surface area contributed by atoms with E-state index in [0.29, 0.717) is 21.1 Å². The summed E-state index contributed by atoms with van der Waals surface area (Å²) in [6.45, 7) is 0. The number of halogens is 1. The molecule has 0 spiro atoms. The third-order valence-electron chi connectivity index (χ3n) is 4.56. The van der Waals surface area contributed by atoms with Crippen LogP contribution in [0, 0.1) is 0 Å². The molecule has 30 heavy (non-hydrogen) atoms. The number of fused-ring (bicyclic) bond motifs is 1. The predicted octanol–water partition coefficient (Wildman–Crippen LogP) is 4.40. The van der Waals surface area contributed by atoms with Gasteiger partial charge in [0.2, 0.25) is 4.96 Å². The van der Waals surface area contributed by atoms with Crippen molar-refractivity contribution in [2.75, 3.05) is 7.11 Å². The van der Waals surface area contributed by atoms with Gasteiger partial charge in [-0.3, -0.25) is 4.79 Å². The zero-order valence-electron chi connectivity index (χ0n) is 15.7. The number of rotatable bonds is 4. The van der Waals surface area contributed by atoms with Crippen LogP contribution in [0.4, 0.5) is 0 Å². The number of aromatic nitrogens is 3. The van der Waals surface area contributed by atoms with Gasteiger partial charge < -0.3 is 9.15 Å². The van der Waals surface area contributed by atoms with E-state index in [-0.39, 0.29) is 5.56 Å². The Balaban J connectivity index is 1.48. The minimum atomic E-state index is -0.219. The first kappa shape index (κ1) is 18.8. The molecule has 8 heteroatoms. The normalized spacial score (nSPS) is 12.0. The van der Waals surface area contributed by atoms with E-state index in [4.69, 9.17) is 9.15 Å². The van der Waals surface area contributed by atoms with Gasteiger partial charge in [-0.1, -0.05) is 39.4 Å². The lowest BCUT2D eigenvalue weighted by Gasteiger charge is -1.99. The van der Waals surface area contributed by atoms with Crippen LogP contribution >= 0.6 is 27.3 Å². The van der Waals surface area contributed by atoms with Crippen molar-refractivity contribution in [1.82, 2.24) is 14.6 Å². The lowest BCUT2D eigenvalue weighted by molar-refractivity contribution is 0.415. The third-order valence-corrected chi connectivity index (χ3v) is 6.05. The molecule has 0 amide bonds. The van der Waals surface area contributed by atoms with Crippen molar-refractivity contribution in [1.29, 1.82) is 0 Å². The molecule has 0 aliphatic rings. The first-order valence-corrected chi connectivity index (χ1v) is 10.6. The number of nitrogens with zero attached hydrogens (tertiary/aromatic N) is 3. The summed E-state index contributed by atoms with van der Waals surface area (Å²) in [4.78, 5) is 17.8. The number of methoxy groups -OCH3 is 1. The Bertz CT molecular complexity index is 1450. The van der Waals surface area contributed by atoms with Gasteiger partial charge in [0, 0.05) is 21.7 Å². The maximum absolute atomic E-state index is 12.8. The monoisotopic (exact) mass is 479 g/mol. The SMILES string of the molecule is COc1ccc(-c2nc3sc(=Cc4ccc(-c5ccc(Br)cc5)o4)c(=O)n3n2)cc1. The van der Waals surface area contributed by atoms with Gasteiger partial charge in [-0.05, 0) is 48.5 Å². The van der Waals surface area contributed by atoms with E-state index in [1.807, 2.05) is 60.7 Å². The summed E-state index contributed by atoms with van der Waals surface area (Å²) in [5, 5.41) is 4.37. The number of hydrogen-bond donors (Lipinski definition) is 0. The second-order valence-corrected chi connectivity index (χ2v) is 8.41. The minimum absolute atomic E-state index is 0.219. The van der Waals surface area contributed by atoms with E-state index in [1.165, 1.54) is 15.9 Å². The van der Waals surface area contributed by atoms with E-state index in [1.54, 1.807) is 13.2 Å². The molecule has 6 nitrogen and oxygen atoms in total. The molecule has 0 bridgehead atoms. The molecule has 148 valence electrons. The number of hydrogen-bond acceptors (Lipinski definition) is 6. The number of furan rings is 1. The highest BCUT2D eigenvalue weighted by Gasteiger charge is 2.13. The largest absolute Gasteiger partial charge is 0.497 e. The lowest BCUT2D eigenvalue weighted by atomic mass is 10.2. The summed E-state index contributed by atoms with van der Waals surface area (Å²) < 4.78 is 13.9. The first-order valence-electron chi connectivity index (χ1n) is 9.02. The highest BCUT2D eigenvalue weighted by molar-refractivity contribution is 9.10. The van der Waals surface area contributed by atoms with Gasteiger partial charge in [0.05, 0.1) is 7.11 Å². The molecule has 0 aliphatic carbocycles. The summed E-state index contributed by atoms with van der Waals surface area (Å²) in [5.41, 5.74) is 1.57. The van der Waals surface area contributed by atoms with Crippen molar-refractivity contribution in [3.63, 3.8) is 0 Å².